The van der Waals surface area contributed by atoms with Gasteiger partial charge in [0, 0.05) is 28.9 Å². The summed E-state index contributed by atoms with van der Waals surface area (Å²) in [6, 6.07) is 2.05. The van der Waals surface area contributed by atoms with Crippen molar-refractivity contribution in [1.82, 2.24) is 4.90 Å². The highest BCUT2D eigenvalue weighted by Gasteiger charge is 2.26. The normalized spacial score (nSPS) is 19.6. The molecule has 0 aliphatic carbocycles. The molecule has 0 aromatic carbocycles. The Labute approximate surface area is 110 Å². The third-order valence-electron chi connectivity index (χ3n) is 3.07. The molecular formula is C13H15NO3S. The molecule has 1 aromatic rings. The number of carboxylic acid groups (broad SMARTS) is 1. The zero-order chi connectivity index (χ0) is 13.1. The van der Waals surface area contributed by atoms with Gasteiger partial charge in [-0.05, 0) is 31.9 Å². The minimum absolute atomic E-state index is 0.0474. The minimum atomic E-state index is -0.982. The van der Waals surface area contributed by atoms with Crippen molar-refractivity contribution in [3.63, 3.8) is 0 Å². The Hall–Kier alpha value is -1.62. The van der Waals surface area contributed by atoms with Gasteiger partial charge in [-0.3, -0.25) is 4.79 Å². The first-order valence-electron chi connectivity index (χ1n) is 5.88. The summed E-state index contributed by atoms with van der Waals surface area (Å²) in [4.78, 5) is 25.3. The molecule has 18 heavy (non-hydrogen) atoms. The van der Waals surface area contributed by atoms with Crippen molar-refractivity contribution in [2.24, 2.45) is 0 Å². The van der Waals surface area contributed by atoms with E-state index in [1.165, 1.54) is 17.4 Å². The fourth-order valence-electron chi connectivity index (χ4n) is 2.11. The van der Waals surface area contributed by atoms with Crippen LogP contribution in [0.5, 0.6) is 0 Å². The highest BCUT2D eigenvalue weighted by Crippen LogP contribution is 2.23. The zero-order valence-electron chi connectivity index (χ0n) is 10.1. The van der Waals surface area contributed by atoms with Gasteiger partial charge < -0.3 is 10.0 Å². The molecule has 1 unspecified atom stereocenters. The van der Waals surface area contributed by atoms with Gasteiger partial charge in [0.25, 0.3) is 5.91 Å². The quantitative estimate of drug-likeness (QED) is 0.854. The Kier molecular flexibility index (Phi) is 3.81. The topological polar surface area (TPSA) is 57.6 Å². The van der Waals surface area contributed by atoms with Gasteiger partial charge in [0.15, 0.2) is 0 Å². The maximum atomic E-state index is 12.2. The van der Waals surface area contributed by atoms with Crippen LogP contribution >= 0.6 is 11.3 Å². The molecular weight excluding hydrogens is 250 g/mol. The Morgan fingerprint density at radius 2 is 2.33 bits per heavy atom. The highest BCUT2D eigenvalue weighted by molar-refractivity contribution is 7.11. The molecule has 1 amide bonds. The van der Waals surface area contributed by atoms with Gasteiger partial charge in [0.05, 0.1) is 5.56 Å². The summed E-state index contributed by atoms with van der Waals surface area (Å²) in [5.74, 6) is -0.935. The van der Waals surface area contributed by atoms with Crippen LogP contribution in [0.2, 0.25) is 0 Å². The van der Waals surface area contributed by atoms with Crippen LogP contribution in [0.25, 0.3) is 6.08 Å². The largest absolute Gasteiger partial charge is 0.478 e. The SMILES string of the molecule is CC1CCCN1C(=O)c1csc(C=CC(=O)O)c1. The van der Waals surface area contributed by atoms with Crippen LogP contribution in [0.4, 0.5) is 0 Å². The molecule has 0 saturated carbocycles. The Bertz CT molecular complexity index is 492. The number of rotatable bonds is 3. The molecule has 1 aliphatic rings. The van der Waals surface area contributed by atoms with Crippen LogP contribution < -0.4 is 0 Å². The molecule has 96 valence electrons. The van der Waals surface area contributed by atoms with E-state index in [1.807, 2.05) is 4.90 Å². The van der Waals surface area contributed by atoms with Crippen molar-refractivity contribution in [1.29, 1.82) is 0 Å². The lowest BCUT2D eigenvalue weighted by Gasteiger charge is -2.20. The lowest BCUT2D eigenvalue weighted by atomic mass is 10.2. The van der Waals surface area contributed by atoms with E-state index in [0.717, 1.165) is 30.3 Å². The van der Waals surface area contributed by atoms with E-state index in [9.17, 15) is 9.59 Å². The van der Waals surface area contributed by atoms with Crippen LogP contribution in [0.15, 0.2) is 17.5 Å². The molecule has 0 bridgehead atoms. The van der Waals surface area contributed by atoms with E-state index in [-0.39, 0.29) is 5.91 Å². The molecule has 1 N–H and O–H groups in total. The van der Waals surface area contributed by atoms with Gasteiger partial charge in [-0.1, -0.05) is 0 Å². The second kappa shape index (κ2) is 5.35. The minimum Gasteiger partial charge on any atom is -0.478 e. The van der Waals surface area contributed by atoms with E-state index < -0.39 is 5.97 Å². The number of carboxylic acids is 1. The maximum absolute atomic E-state index is 12.2. The molecule has 1 atom stereocenters. The first-order chi connectivity index (χ1) is 8.58. The van der Waals surface area contributed by atoms with E-state index in [1.54, 1.807) is 11.4 Å². The van der Waals surface area contributed by atoms with Gasteiger partial charge in [-0.15, -0.1) is 11.3 Å². The van der Waals surface area contributed by atoms with Gasteiger partial charge in [0.2, 0.25) is 0 Å². The fourth-order valence-corrected chi connectivity index (χ4v) is 2.88. The van der Waals surface area contributed by atoms with E-state index in [0.29, 0.717) is 11.6 Å². The number of carbonyl (C=O) groups excluding carboxylic acids is 1. The number of hydrogen-bond acceptors (Lipinski definition) is 3. The number of carbonyl (C=O) groups is 2. The van der Waals surface area contributed by atoms with Crippen molar-refractivity contribution in [2.75, 3.05) is 6.54 Å². The average molecular weight is 265 g/mol. The number of likely N-dealkylation sites (tertiary alicyclic amines) is 1. The first-order valence-corrected chi connectivity index (χ1v) is 6.76. The van der Waals surface area contributed by atoms with Crippen LogP contribution in [0.3, 0.4) is 0 Å². The summed E-state index contributed by atoms with van der Waals surface area (Å²) >= 11 is 1.38. The van der Waals surface area contributed by atoms with Gasteiger partial charge in [-0.2, -0.15) is 0 Å². The zero-order valence-corrected chi connectivity index (χ0v) is 10.9. The third kappa shape index (κ3) is 2.79. The number of nitrogens with zero attached hydrogens (tertiary/aromatic N) is 1. The lowest BCUT2D eigenvalue weighted by molar-refractivity contribution is -0.131. The monoisotopic (exact) mass is 265 g/mol. The van der Waals surface area contributed by atoms with Crippen molar-refractivity contribution in [2.45, 2.75) is 25.8 Å². The number of hydrogen-bond donors (Lipinski definition) is 1. The standard InChI is InChI=1S/C13H15NO3S/c1-9-3-2-6-14(9)13(17)10-7-11(18-8-10)4-5-12(15)16/h4-5,7-9H,2-3,6H2,1H3,(H,15,16). The molecule has 0 radical (unpaired) electrons. The summed E-state index contributed by atoms with van der Waals surface area (Å²) in [7, 11) is 0. The summed E-state index contributed by atoms with van der Waals surface area (Å²) in [5.41, 5.74) is 0.652. The number of thiophene rings is 1. The van der Waals surface area contributed by atoms with E-state index >= 15 is 0 Å². The van der Waals surface area contributed by atoms with Crippen molar-refractivity contribution >= 4 is 29.3 Å². The van der Waals surface area contributed by atoms with Gasteiger partial charge >= 0.3 is 5.97 Å². The molecule has 2 heterocycles. The first kappa shape index (κ1) is 12.8. The number of aliphatic carboxylic acids is 1. The molecule has 1 fully saturated rings. The van der Waals surface area contributed by atoms with Gasteiger partial charge in [0.1, 0.15) is 0 Å². The summed E-state index contributed by atoms with van der Waals surface area (Å²) < 4.78 is 0. The van der Waals surface area contributed by atoms with Crippen molar-refractivity contribution < 1.29 is 14.7 Å². The van der Waals surface area contributed by atoms with E-state index in [2.05, 4.69) is 6.92 Å². The molecule has 4 nitrogen and oxygen atoms in total. The molecule has 1 saturated heterocycles. The van der Waals surface area contributed by atoms with Crippen LogP contribution in [-0.2, 0) is 4.79 Å². The van der Waals surface area contributed by atoms with Crippen LogP contribution in [0.1, 0.15) is 35.0 Å². The molecule has 2 rings (SSSR count). The van der Waals surface area contributed by atoms with Crippen LogP contribution in [0, 0.1) is 0 Å². The fraction of sp³-hybridized carbons (Fsp3) is 0.385. The highest BCUT2D eigenvalue weighted by atomic mass is 32.1. The van der Waals surface area contributed by atoms with E-state index in [4.69, 9.17) is 5.11 Å². The Balaban J connectivity index is 2.10. The maximum Gasteiger partial charge on any atom is 0.328 e. The van der Waals surface area contributed by atoms with Crippen LogP contribution in [-0.4, -0.2) is 34.5 Å². The second-order valence-corrected chi connectivity index (χ2v) is 5.34. The molecule has 1 aliphatic heterocycles. The lowest BCUT2D eigenvalue weighted by Crippen LogP contribution is -2.33. The summed E-state index contributed by atoms with van der Waals surface area (Å²) in [6.07, 6.45) is 4.71. The summed E-state index contributed by atoms with van der Waals surface area (Å²) in [5, 5.41) is 10.3. The Morgan fingerprint density at radius 1 is 1.56 bits per heavy atom. The molecule has 1 aromatic heterocycles. The third-order valence-corrected chi connectivity index (χ3v) is 3.97. The van der Waals surface area contributed by atoms with Gasteiger partial charge in [-0.25, -0.2) is 4.79 Å². The molecule has 0 spiro atoms. The predicted molar refractivity (Wildman–Crippen MR) is 70.7 cm³/mol. The Morgan fingerprint density at radius 3 is 2.94 bits per heavy atom. The smallest absolute Gasteiger partial charge is 0.328 e. The molecule has 5 heteroatoms. The second-order valence-electron chi connectivity index (χ2n) is 4.40. The van der Waals surface area contributed by atoms with Crippen molar-refractivity contribution in [3.05, 3.63) is 28.0 Å². The number of amides is 1. The predicted octanol–water partition coefficient (Wildman–Crippen LogP) is 2.47. The average Bonchev–Trinajstić information content (AvgIpc) is 2.94. The van der Waals surface area contributed by atoms with Crippen molar-refractivity contribution in [3.8, 4) is 0 Å². The summed E-state index contributed by atoms with van der Waals surface area (Å²) in [6.45, 7) is 2.87.